The Bertz CT molecular complexity index is 758. The van der Waals surface area contributed by atoms with Crippen molar-refractivity contribution in [3.05, 3.63) is 71.3 Å². The lowest BCUT2D eigenvalue weighted by atomic mass is 9.98. The second-order valence-electron chi connectivity index (χ2n) is 8.24. The summed E-state index contributed by atoms with van der Waals surface area (Å²) in [4.78, 5) is 2.62. The van der Waals surface area contributed by atoms with E-state index in [1.807, 2.05) is 12.1 Å². The lowest BCUT2D eigenvalue weighted by molar-refractivity contribution is 0.132. The van der Waals surface area contributed by atoms with Crippen molar-refractivity contribution in [1.29, 1.82) is 5.26 Å². The Hall–Kier alpha value is -2.18. The predicted octanol–water partition coefficient (Wildman–Crippen LogP) is 6.80. The smallest absolute Gasteiger partial charge is 0.136 e. The van der Waals surface area contributed by atoms with E-state index in [9.17, 15) is 4.39 Å². The molecule has 1 fully saturated rings. The highest BCUT2D eigenvalue weighted by Gasteiger charge is 2.44. The summed E-state index contributed by atoms with van der Waals surface area (Å²) in [6.07, 6.45) is 4.72. The molecule has 3 rings (SSSR count). The highest BCUT2D eigenvalue weighted by molar-refractivity contribution is 5.31. The van der Waals surface area contributed by atoms with Crippen molar-refractivity contribution in [2.24, 2.45) is 0 Å². The average Bonchev–Trinajstić information content (AvgIpc) is 3.48. The van der Waals surface area contributed by atoms with Gasteiger partial charge in [-0.2, -0.15) is 5.26 Å². The van der Waals surface area contributed by atoms with E-state index < -0.39 is 5.67 Å². The first kappa shape index (κ1) is 23.1. The van der Waals surface area contributed by atoms with Gasteiger partial charge >= 0.3 is 0 Å². The van der Waals surface area contributed by atoms with Gasteiger partial charge in [-0.25, -0.2) is 4.39 Å². The standard InChI is InChI=1S/C24H32FN.C2H3N/c1-4-23(26(19(2)3)18-21-8-6-5-7-9-21)15-12-20-10-13-22(14-11-20)24(25)16-17-24;1-2-3/h5-11,13-14,19,23H,4,12,15-18H2,1-3H3;1H3. The molecule has 2 aromatic carbocycles. The SMILES string of the molecule is CC#N.CCC(CCc1ccc(C2(F)CC2)cc1)N(Cc1ccccc1)C(C)C. The molecule has 1 saturated carbocycles. The first-order chi connectivity index (χ1) is 13.9. The van der Waals surface area contributed by atoms with Crippen molar-refractivity contribution in [2.75, 3.05) is 0 Å². The number of nitrogens with zero attached hydrogens (tertiary/aromatic N) is 2. The van der Waals surface area contributed by atoms with Crippen LogP contribution in [0.25, 0.3) is 0 Å². The van der Waals surface area contributed by atoms with Gasteiger partial charge in [-0.15, -0.1) is 0 Å². The van der Waals surface area contributed by atoms with E-state index in [1.54, 1.807) is 6.07 Å². The Morgan fingerprint density at radius 2 is 1.62 bits per heavy atom. The van der Waals surface area contributed by atoms with Crippen LogP contribution in [0, 0.1) is 11.3 Å². The van der Waals surface area contributed by atoms with Gasteiger partial charge in [-0.05, 0) is 62.6 Å². The summed E-state index contributed by atoms with van der Waals surface area (Å²) in [7, 11) is 0. The fourth-order valence-electron chi connectivity index (χ4n) is 3.83. The third-order valence-corrected chi connectivity index (χ3v) is 5.74. The second kappa shape index (κ2) is 11.1. The first-order valence-electron chi connectivity index (χ1n) is 10.8. The minimum Gasteiger partial charge on any atom is -0.294 e. The van der Waals surface area contributed by atoms with Gasteiger partial charge in [0.2, 0.25) is 0 Å². The largest absolute Gasteiger partial charge is 0.294 e. The molecular formula is C26H35FN2. The Morgan fingerprint density at radius 3 is 2.10 bits per heavy atom. The summed E-state index contributed by atoms with van der Waals surface area (Å²) < 4.78 is 14.1. The van der Waals surface area contributed by atoms with E-state index in [1.165, 1.54) is 18.1 Å². The van der Waals surface area contributed by atoms with Gasteiger partial charge < -0.3 is 0 Å². The molecule has 1 unspecified atom stereocenters. The number of aryl methyl sites for hydroxylation is 1. The molecule has 2 aromatic rings. The van der Waals surface area contributed by atoms with Crippen LogP contribution in [0.15, 0.2) is 54.6 Å². The van der Waals surface area contributed by atoms with Crippen molar-refractivity contribution in [2.45, 2.75) is 84.1 Å². The number of hydrogen-bond donors (Lipinski definition) is 0. The Morgan fingerprint density at radius 1 is 1.03 bits per heavy atom. The van der Waals surface area contributed by atoms with E-state index in [-0.39, 0.29) is 0 Å². The van der Waals surface area contributed by atoms with E-state index >= 15 is 0 Å². The van der Waals surface area contributed by atoms with Crippen LogP contribution in [-0.4, -0.2) is 17.0 Å². The minimum absolute atomic E-state index is 0.517. The second-order valence-corrected chi connectivity index (χ2v) is 8.24. The van der Waals surface area contributed by atoms with E-state index in [0.717, 1.165) is 31.4 Å². The van der Waals surface area contributed by atoms with Crippen LogP contribution in [0.2, 0.25) is 0 Å². The van der Waals surface area contributed by atoms with Gasteiger partial charge in [0, 0.05) is 25.6 Å². The number of hydrogen-bond acceptors (Lipinski definition) is 2. The lowest BCUT2D eigenvalue weighted by Crippen LogP contribution is -2.39. The van der Waals surface area contributed by atoms with Crippen LogP contribution >= 0.6 is 0 Å². The molecule has 0 aromatic heterocycles. The van der Waals surface area contributed by atoms with Crippen LogP contribution < -0.4 is 0 Å². The number of alkyl halides is 1. The molecular weight excluding hydrogens is 359 g/mol. The zero-order chi connectivity index (χ0) is 21.3. The molecule has 0 aliphatic heterocycles. The molecule has 1 aliphatic carbocycles. The van der Waals surface area contributed by atoms with Crippen LogP contribution in [0.5, 0.6) is 0 Å². The molecule has 0 heterocycles. The zero-order valence-corrected chi connectivity index (χ0v) is 18.4. The third-order valence-electron chi connectivity index (χ3n) is 5.74. The maximum atomic E-state index is 14.1. The van der Waals surface area contributed by atoms with Crippen LogP contribution in [-0.2, 0) is 18.6 Å². The molecule has 156 valence electrons. The maximum absolute atomic E-state index is 14.1. The van der Waals surface area contributed by atoms with E-state index in [2.05, 4.69) is 68.1 Å². The highest BCUT2D eigenvalue weighted by Crippen LogP contribution is 2.49. The van der Waals surface area contributed by atoms with Gasteiger partial charge in [0.1, 0.15) is 5.67 Å². The molecule has 0 N–H and O–H groups in total. The maximum Gasteiger partial charge on any atom is 0.136 e. The first-order valence-corrected chi connectivity index (χ1v) is 10.8. The molecule has 1 aliphatic rings. The molecule has 0 saturated heterocycles. The minimum atomic E-state index is -1.02. The number of halogens is 1. The van der Waals surface area contributed by atoms with Gasteiger partial charge in [-0.3, -0.25) is 4.90 Å². The van der Waals surface area contributed by atoms with Crippen molar-refractivity contribution in [1.82, 2.24) is 4.90 Å². The highest BCUT2D eigenvalue weighted by atomic mass is 19.1. The average molecular weight is 395 g/mol. The molecule has 2 nitrogen and oxygen atoms in total. The molecule has 0 amide bonds. The fourth-order valence-corrected chi connectivity index (χ4v) is 3.83. The third kappa shape index (κ3) is 6.98. The summed E-state index contributed by atoms with van der Waals surface area (Å²) >= 11 is 0. The molecule has 3 heteroatoms. The van der Waals surface area contributed by atoms with Crippen molar-refractivity contribution < 1.29 is 4.39 Å². The fraction of sp³-hybridized carbons (Fsp3) is 0.500. The molecule has 29 heavy (non-hydrogen) atoms. The molecule has 0 spiro atoms. The predicted molar refractivity (Wildman–Crippen MR) is 119 cm³/mol. The van der Waals surface area contributed by atoms with Crippen LogP contribution in [0.1, 0.15) is 70.1 Å². The molecule has 0 radical (unpaired) electrons. The van der Waals surface area contributed by atoms with Gasteiger partial charge in [-0.1, -0.05) is 61.5 Å². The van der Waals surface area contributed by atoms with Crippen LogP contribution in [0.3, 0.4) is 0 Å². The van der Waals surface area contributed by atoms with Crippen LogP contribution in [0.4, 0.5) is 4.39 Å². The summed E-state index contributed by atoms with van der Waals surface area (Å²) in [5.41, 5.74) is 2.54. The Kier molecular flexibility index (Phi) is 8.86. The number of benzene rings is 2. The van der Waals surface area contributed by atoms with E-state index in [4.69, 9.17) is 5.26 Å². The zero-order valence-electron chi connectivity index (χ0n) is 18.4. The summed E-state index contributed by atoms with van der Waals surface area (Å²) in [5, 5.41) is 7.32. The Labute approximate surface area is 176 Å². The molecule has 0 bridgehead atoms. The van der Waals surface area contributed by atoms with Crippen molar-refractivity contribution in [3.8, 4) is 6.07 Å². The summed E-state index contributed by atoms with van der Waals surface area (Å²) in [5.74, 6) is 0. The normalized spacial score (nSPS) is 15.4. The number of nitriles is 1. The Balaban J connectivity index is 0.000000941. The van der Waals surface area contributed by atoms with Crippen molar-refractivity contribution in [3.63, 3.8) is 0 Å². The summed E-state index contributed by atoms with van der Waals surface area (Å²) in [6, 6.07) is 21.8. The topological polar surface area (TPSA) is 27.0 Å². The molecule has 1 atom stereocenters. The lowest BCUT2D eigenvalue weighted by Gasteiger charge is -2.35. The van der Waals surface area contributed by atoms with Gasteiger partial charge in [0.05, 0.1) is 6.07 Å². The van der Waals surface area contributed by atoms with Crippen molar-refractivity contribution >= 4 is 0 Å². The number of rotatable bonds is 9. The summed E-state index contributed by atoms with van der Waals surface area (Å²) in [6.45, 7) is 9.29. The van der Waals surface area contributed by atoms with E-state index in [0.29, 0.717) is 24.9 Å². The quantitative estimate of drug-likeness (QED) is 0.468. The monoisotopic (exact) mass is 394 g/mol. The van der Waals surface area contributed by atoms with Gasteiger partial charge in [0.25, 0.3) is 0 Å². The van der Waals surface area contributed by atoms with Gasteiger partial charge in [0.15, 0.2) is 0 Å².